The lowest BCUT2D eigenvalue weighted by Crippen LogP contribution is -2.41. The Bertz CT molecular complexity index is 712. The lowest BCUT2D eigenvalue weighted by Gasteiger charge is -2.26. The van der Waals surface area contributed by atoms with E-state index in [0.717, 1.165) is 5.56 Å². The molecular formula is C16H15N3O2. The van der Waals surface area contributed by atoms with Gasteiger partial charge in [0.05, 0.1) is 18.7 Å². The van der Waals surface area contributed by atoms with Crippen molar-refractivity contribution in [3.8, 4) is 0 Å². The minimum absolute atomic E-state index is 0.185. The zero-order chi connectivity index (χ0) is 14.8. The second kappa shape index (κ2) is 5.36. The summed E-state index contributed by atoms with van der Waals surface area (Å²) in [5, 5.41) is 2.94. The first-order valence-corrected chi connectivity index (χ1v) is 6.75. The van der Waals surface area contributed by atoms with Gasteiger partial charge in [-0.05, 0) is 23.8 Å². The molecule has 2 amide bonds. The van der Waals surface area contributed by atoms with Crippen LogP contribution in [0.15, 0.2) is 42.5 Å². The van der Waals surface area contributed by atoms with E-state index in [1.54, 1.807) is 13.1 Å². The summed E-state index contributed by atoms with van der Waals surface area (Å²) in [4.78, 5) is 30.3. The van der Waals surface area contributed by atoms with Crippen molar-refractivity contribution in [3.63, 3.8) is 0 Å². The van der Waals surface area contributed by atoms with Crippen LogP contribution in [0.4, 0.5) is 5.82 Å². The fourth-order valence-electron chi connectivity index (χ4n) is 2.43. The molecule has 0 spiro atoms. The summed E-state index contributed by atoms with van der Waals surface area (Å²) in [6, 6.07) is 12.7. The van der Waals surface area contributed by atoms with E-state index >= 15 is 0 Å². The van der Waals surface area contributed by atoms with Gasteiger partial charge in [0.15, 0.2) is 0 Å². The van der Waals surface area contributed by atoms with Gasteiger partial charge in [0.1, 0.15) is 5.82 Å². The van der Waals surface area contributed by atoms with E-state index in [4.69, 9.17) is 0 Å². The number of pyridine rings is 1. The van der Waals surface area contributed by atoms with E-state index in [9.17, 15) is 9.59 Å². The summed E-state index contributed by atoms with van der Waals surface area (Å²) in [7, 11) is 1.78. The number of imide groups is 1. The third kappa shape index (κ3) is 2.50. The molecule has 0 radical (unpaired) electrons. The minimum Gasteiger partial charge on any atom is -0.373 e. The Labute approximate surface area is 122 Å². The predicted molar refractivity (Wildman–Crippen MR) is 78.8 cm³/mol. The third-order valence-corrected chi connectivity index (χ3v) is 3.52. The van der Waals surface area contributed by atoms with Gasteiger partial charge in [-0.15, -0.1) is 0 Å². The average Bonchev–Trinajstić information content (AvgIpc) is 2.51. The lowest BCUT2D eigenvalue weighted by molar-refractivity contribution is -0.128. The van der Waals surface area contributed by atoms with E-state index < -0.39 is 0 Å². The van der Waals surface area contributed by atoms with Crippen molar-refractivity contribution >= 4 is 17.6 Å². The number of hydrogen-bond acceptors (Lipinski definition) is 4. The first-order chi connectivity index (χ1) is 10.2. The SMILES string of the molecule is CNc1cccc(CN2C(=O)Cc3ccccc3C2=O)n1. The highest BCUT2D eigenvalue weighted by Gasteiger charge is 2.30. The zero-order valence-corrected chi connectivity index (χ0v) is 11.7. The first kappa shape index (κ1) is 13.3. The van der Waals surface area contributed by atoms with Crippen molar-refractivity contribution in [2.24, 2.45) is 0 Å². The van der Waals surface area contributed by atoms with Crippen LogP contribution in [0.3, 0.4) is 0 Å². The van der Waals surface area contributed by atoms with Crippen molar-refractivity contribution in [2.45, 2.75) is 13.0 Å². The van der Waals surface area contributed by atoms with Gasteiger partial charge in [-0.25, -0.2) is 4.98 Å². The standard InChI is InChI=1S/C16H15N3O2/c1-17-14-8-4-6-12(18-14)10-19-15(20)9-11-5-2-3-7-13(11)16(19)21/h2-8H,9-10H2,1H3,(H,17,18). The number of fused-ring (bicyclic) bond motifs is 1. The molecule has 0 bridgehead atoms. The van der Waals surface area contributed by atoms with Crippen LogP contribution in [0.5, 0.6) is 0 Å². The van der Waals surface area contributed by atoms with Gasteiger partial charge in [0, 0.05) is 12.6 Å². The molecule has 106 valence electrons. The van der Waals surface area contributed by atoms with Crippen LogP contribution in [-0.2, 0) is 17.8 Å². The maximum Gasteiger partial charge on any atom is 0.261 e. The van der Waals surface area contributed by atoms with Crippen LogP contribution in [0.1, 0.15) is 21.6 Å². The number of nitrogens with one attached hydrogen (secondary N) is 1. The van der Waals surface area contributed by atoms with Gasteiger partial charge in [0.2, 0.25) is 5.91 Å². The van der Waals surface area contributed by atoms with Gasteiger partial charge >= 0.3 is 0 Å². The largest absolute Gasteiger partial charge is 0.373 e. The topological polar surface area (TPSA) is 62.3 Å². The molecule has 1 aromatic heterocycles. The Morgan fingerprint density at radius 1 is 1.14 bits per heavy atom. The fourth-order valence-corrected chi connectivity index (χ4v) is 2.43. The molecule has 0 saturated heterocycles. The average molecular weight is 281 g/mol. The third-order valence-electron chi connectivity index (χ3n) is 3.52. The summed E-state index contributed by atoms with van der Waals surface area (Å²) in [6.45, 7) is 0.196. The molecule has 1 N–H and O–H groups in total. The zero-order valence-electron chi connectivity index (χ0n) is 11.7. The Kier molecular flexibility index (Phi) is 3.39. The van der Waals surface area contributed by atoms with Gasteiger partial charge in [-0.1, -0.05) is 24.3 Å². The molecule has 0 aliphatic carbocycles. The molecule has 2 heterocycles. The molecule has 3 rings (SSSR count). The molecule has 0 saturated carbocycles. The van der Waals surface area contributed by atoms with E-state index in [0.29, 0.717) is 17.1 Å². The molecule has 5 heteroatoms. The van der Waals surface area contributed by atoms with Gasteiger partial charge in [0.25, 0.3) is 5.91 Å². The smallest absolute Gasteiger partial charge is 0.261 e. The highest BCUT2D eigenvalue weighted by molar-refractivity contribution is 6.09. The molecule has 5 nitrogen and oxygen atoms in total. The predicted octanol–water partition coefficient (Wildman–Crippen LogP) is 1.85. The monoisotopic (exact) mass is 281 g/mol. The van der Waals surface area contributed by atoms with E-state index in [1.165, 1.54) is 4.90 Å². The second-order valence-corrected chi connectivity index (χ2v) is 4.88. The lowest BCUT2D eigenvalue weighted by atomic mass is 9.98. The molecular weight excluding hydrogens is 266 g/mol. The van der Waals surface area contributed by atoms with Crippen LogP contribution < -0.4 is 5.32 Å². The number of hydrogen-bond donors (Lipinski definition) is 1. The number of anilines is 1. The summed E-state index contributed by atoms with van der Waals surface area (Å²) < 4.78 is 0. The highest BCUT2D eigenvalue weighted by Crippen LogP contribution is 2.21. The van der Waals surface area contributed by atoms with Crippen LogP contribution in [-0.4, -0.2) is 28.7 Å². The molecule has 0 unspecified atom stereocenters. The molecule has 1 aliphatic rings. The van der Waals surface area contributed by atoms with E-state index in [2.05, 4.69) is 10.3 Å². The van der Waals surface area contributed by atoms with Gasteiger partial charge in [-0.2, -0.15) is 0 Å². The van der Waals surface area contributed by atoms with Crippen molar-refractivity contribution in [2.75, 3.05) is 12.4 Å². The van der Waals surface area contributed by atoms with Crippen molar-refractivity contribution in [3.05, 3.63) is 59.3 Å². The van der Waals surface area contributed by atoms with Crippen molar-refractivity contribution < 1.29 is 9.59 Å². The molecule has 21 heavy (non-hydrogen) atoms. The summed E-state index contributed by atoms with van der Waals surface area (Å²) in [5.74, 6) is 0.277. The Morgan fingerprint density at radius 3 is 2.76 bits per heavy atom. The first-order valence-electron chi connectivity index (χ1n) is 6.75. The van der Waals surface area contributed by atoms with E-state index in [-0.39, 0.29) is 24.8 Å². The van der Waals surface area contributed by atoms with Crippen molar-refractivity contribution in [1.82, 2.24) is 9.88 Å². The van der Waals surface area contributed by atoms with E-state index in [1.807, 2.05) is 36.4 Å². The van der Waals surface area contributed by atoms with Crippen LogP contribution in [0, 0.1) is 0 Å². The van der Waals surface area contributed by atoms with Gasteiger partial charge < -0.3 is 5.32 Å². The molecule has 0 atom stereocenters. The van der Waals surface area contributed by atoms with Crippen LogP contribution >= 0.6 is 0 Å². The summed E-state index contributed by atoms with van der Waals surface area (Å²) in [6.07, 6.45) is 0.258. The fraction of sp³-hybridized carbons (Fsp3) is 0.188. The summed E-state index contributed by atoms with van der Waals surface area (Å²) in [5.41, 5.74) is 2.07. The highest BCUT2D eigenvalue weighted by atomic mass is 16.2. The quantitative estimate of drug-likeness (QED) is 0.872. The van der Waals surface area contributed by atoms with Crippen LogP contribution in [0.25, 0.3) is 0 Å². The maximum absolute atomic E-state index is 12.4. The maximum atomic E-state index is 12.4. The van der Waals surface area contributed by atoms with Crippen LogP contribution in [0.2, 0.25) is 0 Å². The number of carbonyl (C=O) groups excluding carboxylic acids is 2. The molecule has 1 aliphatic heterocycles. The Hall–Kier alpha value is -2.69. The second-order valence-electron chi connectivity index (χ2n) is 4.88. The molecule has 2 aromatic rings. The Morgan fingerprint density at radius 2 is 1.95 bits per heavy atom. The number of amides is 2. The number of nitrogens with zero attached hydrogens (tertiary/aromatic N) is 2. The number of rotatable bonds is 3. The van der Waals surface area contributed by atoms with Gasteiger partial charge in [-0.3, -0.25) is 14.5 Å². The Balaban J connectivity index is 1.89. The number of aromatic nitrogens is 1. The number of benzene rings is 1. The number of carbonyl (C=O) groups is 2. The normalized spacial score (nSPS) is 14.0. The molecule has 0 fully saturated rings. The summed E-state index contributed by atoms with van der Waals surface area (Å²) >= 11 is 0. The minimum atomic E-state index is -0.251. The molecule has 1 aromatic carbocycles. The van der Waals surface area contributed by atoms with Crippen molar-refractivity contribution in [1.29, 1.82) is 0 Å².